The van der Waals surface area contributed by atoms with Crippen LogP contribution in [0.2, 0.25) is 0 Å². The molecule has 80 valence electrons. The molecule has 0 atom stereocenters. The van der Waals surface area contributed by atoms with E-state index < -0.39 is 5.97 Å². The zero-order chi connectivity index (χ0) is 11.1. The monoisotopic (exact) mass is 206 g/mol. The third-order valence-corrected chi connectivity index (χ3v) is 2.05. The Labute approximate surface area is 89.2 Å². The van der Waals surface area contributed by atoms with Gasteiger partial charge in [-0.1, -0.05) is 12.2 Å². The van der Waals surface area contributed by atoms with Crippen LogP contribution in [0.5, 0.6) is 0 Å². The average Bonchev–Trinajstić information content (AvgIpc) is 2.48. The second-order valence-corrected chi connectivity index (χ2v) is 3.08. The van der Waals surface area contributed by atoms with E-state index in [1.165, 1.54) is 0 Å². The highest BCUT2D eigenvalue weighted by atomic mass is 16.5. The molecule has 0 radical (unpaired) electrons. The van der Waals surface area contributed by atoms with E-state index in [1.54, 1.807) is 6.92 Å². The number of allylic oxidation sites excluding steroid dienone is 2. The van der Waals surface area contributed by atoms with Gasteiger partial charge in [0.25, 0.3) is 0 Å². The lowest BCUT2D eigenvalue weighted by Crippen LogP contribution is -2.18. The molecule has 1 aliphatic rings. The minimum atomic E-state index is -0.538. The first-order chi connectivity index (χ1) is 7.29. The summed E-state index contributed by atoms with van der Waals surface area (Å²) in [5.41, 5.74) is 0.779. The summed E-state index contributed by atoms with van der Waals surface area (Å²) in [6.45, 7) is 2.66. The quantitative estimate of drug-likeness (QED) is 0.320. The van der Waals surface area contributed by atoms with Gasteiger partial charge in [-0.15, -0.1) is 0 Å². The van der Waals surface area contributed by atoms with Gasteiger partial charge >= 0.3 is 5.97 Å². The molecule has 1 aliphatic heterocycles. The number of hydrogen-bond donors (Lipinski definition) is 1. The van der Waals surface area contributed by atoms with Crippen LogP contribution < -0.4 is 5.32 Å². The average molecular weight is 206 g/mol. The fraction of sp³-hybridized carbons (Fsp3) is 0.455. The van der Waals surface area contributed by atoms with Crippen molar-refractivity contribution in [2.24, 2.45) is 0 Å². The first kappa shape index (κ1) is 11.3. The Bertz CT molecular complexity index is 325. The fourth-order valence-corrected chi connectivity index (χ4v) is 1.35. The van der Waals surface area contributed by atoms with E-state index in [1.807, 2.05) is 18.2 Å². The Morgan fingerprint density at radius 1 is 1.67 bits per heavy atom. The summed E-state index contributed by atoms with van der Waals surface area (Å²) in [6, 6.07) is 1.90. The van der Waals surface area contributed by atoms with E-state index in [0.717, 1.165) is 6.42 Å². The standard InChI is InChI=1S/C11H14N2O2/c1-2-15-11(14)9(8-12)10-6-4-3-5-7-13-10/h3,5,13H,2,4,6-7H2,1H3/b10-9-. The van der Waals surface area contributed by atoms with Crippen LogP contribution >= 0.6 is 0 Å². The number of rotatable bonds is 2. The Balaban J connectivity index is 2.83. The van der Waals surface area contributed by atoms with Crippen LogP contribution in [0.1, 0.15) is 19.8 Å². The van der Waals surface area contributed by atoms with Crippen LogP contribution in [-0.4, -0.2) is 19.1 Å². The summed E-state index contributed by atoms with van der Waals surface area (Å²) in [7, 11) is 0. The van der Waals surface area contributed by atoms with Gasteiger partial charge in [0.15, 0.2) is 5.57 Å². The summed E-state index contributed by atoms with van der Waals surface area (Å²) in [6.07, 6.45) is 5.53. The predicted octanol–water partition coefficient (Wildman–Crippen LogP) is 1.27. The lowest BCUT2D eigenvalue weighted by atomic mass is 10.1. The molecule has 0 bridgehead atoms. The minimum Gasteiger partial charge on any atom is -0.462 e. The minimum absolute atomic E-state index is 0.0977. The lowest BCUT2D eigenvalue weighted by Gasteiger charge is -2.08. The van der Waals surface area contributed by atoms with Crippen LogP contribution in [-0.2, 0) is 9.53 Å². The number of carbonyl (C=O) groups excluding carboxylic acids is 1. The fourth-order valence-electron chi connectivity index (χ4n) is 1.35. The van der Waals surface area contributed by atoms with Crippen molar-refractivity contribution >= 4 is 5.97 Å². The van der Waals surface area contributed by atoms with Crippen molar-refractivity contribution < 1.29 is 9.53 Å². The molecule has 0 aliphatic carbocycles. The summed E-state index contributed by atoms with van der Waals surface area (Å²) in [5, 5.41) is 11.9. The van der Waals surface area contributed by atoms with Crippen LogP contribution in [0, 0.1) is 11.3 Å². The molecule has 0 aromatic rings. The molecule has 0 aromatic carbocycles. The number of ether oxygens (including phenoxy) is 1. The van der Waals surface area contributed by atoms with E-state index in [0.29, 0.717) is 18.7 Å². The van der Waals surface area contributed by atoms with E-state index in [2.05, 4.69) is 5.32 Å². The van der Waals surface area contributed by atoms with E-state index in [9.17, 15) is 4.79 Å². The van der Waals surface area contributed by atoms with Crippen LogP contribution in [0.15, 0.2) is 23.4 Å². The van der Waals surface area contributed by atoms with Crippen molar-refractivity contribution in [3.8, 4) is 6.07 Å². The van der Waals surface area contributed by atoms with E-state index in [-0.39, 0.29) is 12.2 Å². The molecular weight excluding hydrogens is 192 g/mol. The molecule has 4 heteroatoms. The Morgan fingerprint density at radius 3 is 3.13 bits per heavy atom. The molecule has 0 aromatic heterocycles. The van der Waals surface area contributed by atoms with Crippen LogP contribution in [0.4, 0.5) is 0 Å². The molecule has 1 heterocycles. The number of carbonyl (C=O) groups is 1. The zero-order valence-corrected chi connectivity index (χ0v) is 8.75. The second kappa shape index (κ2) is 5.86. The first-order valence-electron chi connectivity index (χ1n) is 4.98. The van der Waals surface area contributed by atoms with Crippen LogP contribution in [0.3, 0.4) is 0 Å². The Hall–Kier alpha value is -1.76. The Kier molecular flexibility index (Phi) is 4.42. The summed E-state index contributed by atoms with van der Waals surface area (Å²) in [5.74, 6) is -0.538. The van der Waals surface area contributed by atoms with Gasteiger partial charge < -0.3 is 10.1 Å². The van der Waals surface area contributed by atoms with E-state index in [4.69, 9.17) is 10.00 Å². The first-order valence-corrected chi connectivity index (χ1v) is 4.98. The molecule has 4 nitrogen and oxygen atoms in total. The van der Waals surface area contributed by atoms with Crippen molar-refractivity contribution in [2.45, 2.75) is 19.8 Å². The van der Waals surface area contributed by atoms with Crippen molar-refractivity contribution in [2.75, 3.05) is 13.2 Å². The molecule has 0 unspecified atom stereocenters. The number of nitrogens with one attached hydrogen (secondary N) is 1. The van der Waals surface area contributed by atoms with Gasteiger partial charge in [0.05, 0.1) is 6.61 Å². The van der Waals surface area contributed by atoms with Crippen molar-refractivity contribution in [1.29, 1.82) is 5.26 Å². The summed E-state index contributed by atoms with van der Waals surface area (Å²) >= 11 is 0. The molecule has 1 N–H and O–H groups in total. The molecule has 15 heavy (non-hydrogen) atoms. The molecule has 0 spiro atoms. The van der Waals surface area contributed by atoms with Gasteiger partial charge in [0.1, 0.15) is 6.07 Å². The van der Waals surface area contributed by atoms with E-state index >= 15 is 0 Å². The molecule has 0 saturated carbocycles. The van der Waals surface area contributed by atoms with Gasteiger partial charge in [0, 0.05) is 12.2 Å². The highest BCUT2D eigenvalue weighted by molar-refractivity contribution is 5.93. The van der Waals surface area contributed by atoms with Crippen LogP contribution in [0.25, 0.3) is 0 Å². The third-order valence-electron chi connectivity index (χ3n) is 2.05. The third kappa shape index (κ3) is 3.13. The predicted molar refractivity (Wildman–Crippen MR) is 55.6 cm³/mol. The van der Waals surface area contributed by atoms with Crippen molar-refractivity contribution in [3.63, 3.8) is 0 Å². The van der Waals surface area contributed by atoms with Gasteiger partial charge in [-0.05, 0) is 19.8 Å². The number of hydrogen-bond acceptors (Lipinski definition) is 4. The highest BCUT2D eigenvalue weighted by Gasteiger charge is 2.16. The zero-order valence-electron chi connectivity index (χ0n) is 8.75. The highest BCUT2D eigenvalue weighted by Crippen LogP contribution is 2.12. The van der Waals surface area contributed by atoms with Crippen molar-refractivity contribution in [3.05, 3.63) is 23.4 Å². The SMILES string of the molecule is CCOC(=O)/C(C#N)=C1/CCC=CCN1. The largest absolute Gasteiger partial charge is 0.462 e. The van der Waals surface area contributed by atoms with Crippen molar-refractivity contribution in [1.82, 2.24) is 5.32 Å². The summed E-state index contributed by atoms with van der Waals surface area (Å²) < 4.78 is 4.81. The molecule has 0 saturated heterocycles. The van der Waals surface area contributed by atoms with Gasteiger partial charge in [-0.2, -0.15) is 5.26 Å². The topological polar surface area (TPSA) is 62.1 Å². The maximum absolute atomic E-state index is 11.4. The Morgan fingerprint density at radius 2 is 2.47 bits per heavy atom. The van der Waals surface area contributed by atoms with Gasteiger partial charge in [-0.25, -0.2) is 4.79 Å². The van der Waals surface area contributed by atoms with Gasteiger partial charge in [0.2, 0.25) is 0 Å². The molecule has 0 fully saturated rings. The number of nitriles is 1. The molecule has 0 amide bonds. The maximum Gasteiger partial charge on any atom is 0.350 e. The van der Waals surface area contributed by atoms with Gasteiger partial charge in [-0.3, -0.25) is 0 Å². The smallest absolute Gasteiger partial charge is 0.350 e. The normalized spacial score (nSPS) is 18.4. The number of esters is 1. The summed E-state index contributed by atoms with van der Waals surface area (Å²) in [4.78, 5) is 11.4. The lowest BCUT2D eigenvalue weighted by molar-refractivity contribution is -0.138. The molecule has 1 rings (SSSR count). The molecular formula is C11H14N2O2. The maximum atomic E-state index is 11.4. The second-order valence-electron chi connectivity index (χ2n) is 3.08. The number of nitrogens with zero attached hydrogens (tertiary/aromatic N) is 1.